The van der Waals surface area contributed by atoms with Crippen molar-refractivity contribution in [1.82, 2.24) is 10.6 Å². The van der Waals surface area contributed by atoms with Crippen molar-refractivity contribution in [3.05, 3.63) is 24.3 Å². The van der Waals surface area contributed by atoms with Gasteiger partial charge in [0.1, 0.15) is 6.04 Å². The molecule has 8 heteroatoms. The predicted molar refractivity (Wildman–Crippen MR) is 235 cm³/mol. The normalized spacial score (nSPS) is 13.7. The fraction of sp³-hybridized carbons (Fsp3) is 0.844. The Morgan fingerprint density at radius 1 is 0.585 bits per heavy atom. The third kappa shape index (κ3) is 37.2. The zero-order valence-corrected chi connectivity index (χ0v) is 36.7. The maximum absolute atomic E-state index is 13.0. The molecule has 2 N–H and O–H groups in total. The lowest BCUT2D eigenvalue weighted by Gasteiger charge is -2.22. The Kier molecular flexibility index (Phi) is 39.1. The number of allylic oxidation sites excluding steroid dienone is 4. The molecule has 0 aromatic heterocycles. The van der Waals surface area contributed by atoms with Crippen molar-refractivity contribution >= 4 is 40.3 Å². The van der Waals surface area contributed by atoms with Gasteiger partial charge in [-0.3, -0.25) is 20.5 Å². The summed E-state index contributed by atoms with van der Waals surface area (Å²) in [7, 11) is -0.200. The van der Waals surface area contributed by atoms with Crippen LogP contribution < -0.4 is 10.6 Å². The van der Waals surface area contributed by atoms with Gasteiger partial charge in [-0.15, -0.1) is 0 Å². The van der Waals surface area contributed by atoms with Crippen molar-refractivity contribution in [3.63, 3.8) is 0 Å². The molecular formula is C45H85ClN2O4S. The molecule has 0 aromatic rings. The molecule has 3 atom stereocenters. The van der Waals surface area contributed by atoms with Gasteiger partial charge in [0.25, 0.3) is 0 Å². The first-order valence-corrected chi connectivity index (χ1v) is 24.8. The zero-order chi connectivity index (χ0) is 39.0. The van der Waals surface area contributed by atoms with Gasteiger partial charge < -0.3 is 15.4 Å². The van der Waals surface area contributed by atoms with Crippen LogP contribution in [0, 0.1) is 0 Å². The van der Waals surface area contributed by atoms with E-state index in [1.165, 1.54) is 116 Å². The van der Waals surface area contributed by atoms with Crippen LogP contribution in [0.15, 0.2) is 24.3 Å². The van der Waals surface area contributed by atoms with Gasteiger partial charge in [0, 0.05) is 12.8 Å². The van der Waals surface area contributed by atoms with Crippen LogP contribution in [0.3, 0.4) is 0 Å². The summed E-state index contributed by atoms with van der Waals surface area (Å²) in [4.78, 5) is 38.2. The quantitative estimate of drug-likeness (QED) is 0.0190. The minimum absolute atomic E-state index is 0.0578. The minimum Gasteiger partial charge on any atom is -0.443 e. The highest BCUT2D eigenvalue weighted by Gasteiger charge is 2.25. The molecule has 312 valence electrons. The second-order valence-electron chi connectivity index (χ2n) is 15.1. The lowest BCUT2D eigenvalue weighted by atomic mass is 10.1. The number of halogens is 1. The number of hydrogen-bond acceptors (Lipinski definition) is 4. The van der Waals surface area contributed by atoms with E-state index in [4.69, 9.17) is 16.3 Å². The molecule has 0 aromatic carbocycles. The highest BCUT2D eigenvalue weighted by molar-refractivity contribution is 8.16. The molecule has 0 radical (unpaired) electrons. The first kappa shape index (κ1) is 51.5. The maximum Gasteiger partial charge on any atom is 0.330 e. The predicted octanol–water partition coefficient (Wildman–Crippen LogP) is 12.8. The van der Waals surface area contributed by atoms with Gasteiger partial charge >= 0.3 is 5.97 Å². The fourth-order valence-electron chi connectivity index (χ4n) is 6.27. The van der Waals surface area contributed by atoms with E-state index in [0.29, 0.717) is 19.3 Å². The summed E-state index contributed by atoms with van der Waals surface area (Å²) >= 11 is 6.32. The average Bonchev–Trinajstić information content (AvgIpc) is 3.15. The van der Waals surface area contributed by atoms with Crippen molar-refractivity contribution in [3.8, 4) is 0 Å². The van der Waals surface area contributed by atoms with E-state index in [0.717, 1.165) is 62.9 Å². The Morgan fingerprint density at radius 3 is 1.42 bits per heavy atom. The van der Waals surface area contributed by atoms with Crippen LogP contribution in [0.25, 0.3) is 0 Å². The lowest BCUT2D eigenvalue weighted by molar-refractivity contribution is -0.149. The van der Waals surface area contributed by atoms with Gasteiger partial charge in [0.15, 0.2) is 5.56 Å². The lowest BCUT2D eigenvalue weighted by Crippen LogP contribution is -2.44. The molecule has 2 amide bonds. The van der Waals surface area contributed by atoms with Crippen molar-refractivity contribution in [2.24, 2.45) is 0 Å². The summed E-state index contributed by atoms with van der Waals surface area (Å²) in [6.45, 7) is 6.73. The number of unbranched alkanes of at least 4 members (excludes halogenated alkanes) is 22. The number of rotatable bonds is 39. The molecule has 0 saturated carbocycles. The standard InChI is InChI=1S/C45H85ClN2O4S/c1-5-8-10-12-14-16-18-20-22-24-26-28-30-32-34-36-43(49)47-40-42(46)52-45(51)41(38-39-53(4)7-3)48-44(50)37-35-33-31-29-27-25-23-21-19-17-15-13-11-9-6-2/h20-23,41-42,53H,5-19,24-40H2,1-4H3,(H,47,49)(H,48,50)/b22-20-,23-21-/t41-,42?/m1/s1. The zero-order valence-electron chi connectivity index (χ0n) is 35.0. The van der Waals surface area contributed by atoms with E-state index in [9.17, 15) is 14.4 Å². The van der Waals surface area contributed by atoms with Gasteiger partial charge in [-0.1, -0.05) is 159 Å². The number of ether oxygens (including phenoxy) is 1. The van der Waals surface area contributed by atoms with Crippen LogP contribution >= 0.6 is 22.5 Å². The van der Waals surface area contributed by atoms with E-state index in [1.54, 1.807) is 0 Å². The average molecular weight is 786 g/mol. The highest BCUT2D eigenvalue weighted by Crippen LogP contribution is 2.21. The second kappa shape index (κ2) is 40.2. The molecule has 0 aliphatic rings. The van der Waals surface area contributed by atoms with Crippen LogP contribution in [0.5, 0.6) is 0 Å². The summed E-state index contributed by atoms with van der Waals surface area (Å²) in [6, 6.07) is -0.713. The molecular weight excluding hydrogens is 700 g/mol. The van der Waals surface area contributed by atoms with Crippen LogP contribution in [-0.2, 0) is 19.1 Å². The van der Waals surface area contributed by atoms with Crippen LogP contribution in [0.2, 0.25) is 0 Å². The Labute approximate surface area is 336 Å². The van der Waals surface area contributed by atoms with Crippen LogP contribution in [0.1, 0.15) is 207 Å². The number of esters is 1. The Morgan fingerprint density at radius 2 is 0.981 bits per heavy atom. The van der Waals surface area contributed by atoms with Crippen molar-refractivity contribution in [2.75, 3.05) is 24.3 Å². The molecule has 0 heterocycles. The first-order chi connectivity index (χ1) is 25.8. The van der Waals surface area contributed by atoms with E-state index >= 15 is 0 Å². The number of carbonyl (C=O) groups excluding carboxylic acids is 3. The summed E-state index contributed by atoms with van der Waals surface area (Å²) < 4.78 is 5.49. The Bertz CT molecular complexity index is 915. The number of nitrogens with one attached hydrogen (secondary N) is 2. The largest absolute Gasteiger partial charge is 0.443 e. The molecule has 0 spiro atoms. The molecule has 0 bridgehead atoms. The third-order valence-electron chi connectivity index (χ3n) is 9.99. The Balaban J connectivity index is 4.13. The highest BCUT2D eigenvalue weighted by atomic mass is 35.5. The molecule has 6 nitrogen and oxygen atoms in total. The Hall–Kier alpha value is -1.47. The molecule has 0 aliphatic carbocycles. The van der Waals surface area contributed by atoms with E-state index in [1.807, 2.05) is 0 Å². The van der Waals surface area contributed by atoms with E-state index < -0.39 is 17.6 Å². The molecule has 0 fully saturated rings. The van der Waals surface area contributed by atoms with Crippen molar-refractivity contribution in [1.29, 1.82) is 0 Å². The number of carbonyl (C=O) groups is 3. The number of thiol groups is 1. The number of hydrogen-bond donors (Lipinski definition) is 3. The van der Waals surface area contributed by atoms with Crippen molar-refractivity contribution in [2.45, 2.75) is 219 Å². The second-order valence-corrected chi connectivity index (χ2v) is 18.4. The fourth-order valence-corrected chi connectivity index (χ4v) is 7.45. The van der Waals surface area contributed by atoms with Crippen molar-refractivity contribution < 1.29 is 19.1 Å². The smallest absolute Gasteiger partial charge is 0.330 e. The third-order valence-corrected chi connectivity index (χ3v) is 12.3. The molecule has 2 unspecified atom stereocenters. The number of amides is 2. The molecule has 0 rings (SSSR count). The minimum atomic E-state index is -0.973. The summed E-state index contributed by atoms with van der Waals surface area (Å²) in [5.41, 5.74) is -0.973. The van der Waals surface area contributed by atoms with Gasteiger partial charge in [0.05, 0.1) is 6.54 Å². The van der Waals surface area contributed by atoms with Gasteiger partial charge in [0.2, 0.25) is 11.8 Å². The summed E-state index contributed by atoms with van der Waals surface area (Å²) in [5.74, 6) is 1.24. The first-order valence-electron chi connectivity index (χ1n) is 22.2. The maximum atomic E-state index is 13.0. The number of alkyl halides is 1. The monoisotopic (exact) mass is 785 g/mol. The van der Waals surface area contributed by atoms with Crippen LogP contribution in [0.4, 0.5) is 0 Å². The van der Waals surface area contributed by atoms with Gasteiger partial charge in [-0.2, -0.15) is 0 Å². The van der Waals surface area contributed by atoms with E-state index in [2.05, 4.69) is 62.0 Å². The van der Waals surface area contributed by atoms with Gasteiger partial charge in [-0.25, -0.2) is 4.79 Å². The molecule has 53 heavy (non-hydrogen) atoms. The molecule has 0 saturated heterocycles. The summed E-state index contributed by atoms with van der Waals surface area (Å²) in [6.07, 6.45) is 44.6. The SMILES string of the molecule is CCCCCCCC/C=C\CCCCCCCC(=O)NCC(Cl)OC(=O)[C@@H](CC[SH](C)CC)NC(=O)CCCCCCC/C=C\CCCCCCCC. The topological polar surface area (TPSA) is 84.5 Å². The van der Waals surface area contributed by atoms with E-state index in [-0.39, 0.29) is 29.3 Å². The summed E-state index contributed by atoms with van der Waals surface area (Å²) in [5, 5.41) is 5.73. The van der Waals surface area contributed by atoms with Crippen LogP contribution in [-0.4, -0.2) is 53.7 Å². The van der Waals surface area contributed by atoms with Gasteiger partial charge in [-0.05, 0) is 88.4 Å². The molecule has 0 aliphatic heterocycles.